The molecule has 0 aromatic rings. The van der Waals surface area contributed by atoms with E-state index in [2.05, 4.69) is 17.2 Å². The Morgan fingerprint density at radius 3 is 2.56 bits per heavy atom. The Labute approximate surface area is 97.7 Å². The molecule has 90 valence electrons. The van der Waals surface area contributed by atoms with Crippen LogP contribution in [0, 0.1) is 5.92 Å². The van der Waals surface area contributed by atoms with Crippen LogP contribution in [0.2, 0.25) is 0 Å². The maximum atomic E-state index is 11.7. The minimum atomic E-state index is 0.189. The van der Waals surface area contributed by atoms with Gasteiger partial charge in [0.05, 0.1) is 0 Å². The van der Waals surface area contributed by atoms with Crippen molar-refractivity contribution in [2.24, 2.45) is 5.92 Å². The Morgan fingerprint density at radius 1 is 1.38 bits per heavy atom. The van der Waals surface area contributed by atoms with Crippen molar-refractivity contribution >= 4 is 5.91 Å². The first kappa shape index (κ1) is 11.6. The van der Waals surface area contributed by atoms with E-state index in [4.69, 9.17) is 0 Å². The molecule has 2 fully saturated rings. The molecule has 0 radical (unpaired) electrons. The minimum Gasteiger partial charge on any atom is -0.352 e. The van der Waals surface area contributed by atoms with Gasteiger partial charge in [-0.25, -0.2) is 0 Å². The molecule has 2 heterocycles. The highest BCUT2D eigenvalue weighted by atomic mass is 16.1. The van der Waals surface area contributed by atoms with Crippen LogP contribution in [0.15, 0.2) is 12.2 Å². The van der Waals surface area contributed by atoms with Gasteiger partial charge in [-0.1, -0.05) is 12.2 Å². The van der Waals surface area contributed by atoms with Gasteiger partial charge in [-0.2, -0.15) is 0 Å². The quantitative estimate of drug-likeness (QED) is 0.709. The largest absolute Gasteiger partial charge is 0.352 e. The number of fused-ring (bicyclic) bond motifs is 2. The third kappa shape index (κ3) is 3.08. The van der Waals surface area contributed by atoms with Gasteiger partial charge in [-0.3, -0.25) is 4.79 Å². The number of hydrogen-bond acceptors (Lipinski definition) is 2. The molecule has 2 saturated heterocycles. The van der Waals surface area contributed by atoms with Gasteiger partial charge in [-0.15, -0.1) is 0 Å². The smallest absolute Gasteiger partial charge is 0.220 e. The van der Waals surface area contributed by atoms with Crippen LogP contribution in [0.1, 0.15) is 39.0 Å². The summed E-state index contributed by atoms with van der Waals surface area (Å²) in [6, 6.07) is 1.36. The van der Waals surface area contributed by atoms with Crippen molar-refractivity contribution in [1.29, 1.82) is 0 Å². The van der Waals surface area contributed by atoms with Crippen molar-refractivity contribution in [1.82, 2.24) is 10.6 Å². The van der Waals surface area contributed by atoms with E-state index >= 15 is 0 Å². The zero-order chi connectivity index (χ0) is 11.5. The number of hydrogen-bond donors (Lipinski definition) is 2. The maximum absolute atomic E-state index is 11.7. The predicted molar refractivity (Wildman–Crippen MR) is 65.1 cm³/mol. The number of carbonyl (C=O) groups is 1. The molecule has 16 heavy (non-hydrogen) atoms. The molecule has 3 nitrogen and oxygen atoms in total. The molecule has 3 heteroatoms. The third-order valence-electron chi connectivity index (χ3n) is 3.63. The van der Waals surface area contributed by atoms with Crippen molar-refractivity contribution in [3.8, 4) is 0 Å². The highest BCUT2D eigenvalue weighted by Crippen LogP contribution is 2.32. The van der Waals surface area contributed by atoms with Crippen LogP contribution in [-0.4, -0.2) is 24.5 Å². The molecule has 0 aromatic heterocycles. The van der Waals surface area contributed by atoms with Crippen LogP contribution in [0.25, 0.3) is 0 Å². The molecule has 0 aromatic carbocycles. The van der Waals surface area contributed by atoms with E-state index in [9.17, 15) is 4.79 Å². The fourth-order valence-corrected chi connectivity index (χ4v) is 2.93. The minimum absolute atomic E-state index is 0.189. The first-order valence-corrected chi connectivity index (χ1v) is 6.30. The second-order valence-corrected chi connectivity index (χ2v) is 5.41. The Hall–Kier alpha value is -0.830. The molecule has 2 bridgehead atoms. The molecule has 2 N–H and O–H groups in total. The third-order valence-corrected chi connectivity index (χ3v) is 3.63. The summed E-state index contributed by atoms with van der Waals surface area (Å²) in [5, 5.41) is 6.52. The van der Waals surface area contributed by atoms with Gasteiger partial charge in [0, 0.05) is 25.0 Å². The molecule has 0 spiro atoms. The molecule has 1 amide bonds. The van der Waals surface area contributed by atoms with Gasteiger partial charge in [0.1, 0.15) is 0 Å². The first-order valence-electron chi connectivity index (χ1n) is 6.30. The topological polar surface area (TPSA) is 41.1 Å². The number of rotatable bonds is 4. The van der Waals surface area contributed by atoms with Crippen molar-refractivity contribution in [3.05, 3.63) is 12.2 Å². The van der Waals surface area contributed by atoms with Crippen LogP contribution in [0.4, 0.5) is 0 Å². The molecule has 0 saturated carbocycles. The summed E-state index contributed by atoms with van der Waals surface area (Å²) in [6.07, 6.45) is 5.65. The lowest BCUT2D eigenvalue weighted by Crippen LogP contribution is -2.39. The molecule has 0 aliphatic carbocycles. The first-order chi connectivity index (χ1) is 7.63. The number of carbonyl (C=O) groups excluding carboxylic acids is 1. The van der Waals surface area contributed by atoms with E-state index in [0.717, 1.165) is 5.57 Å². The highest BCUT2D eigenvalue weighted by molar-refractivity contribution is 5.76. The van der Waals surface area contributed by atoms with E-state index in [1.54, 1.807) is 0 Å². The van der Waals surface area contributed by atoms with E-state index in [0.29, 0.717) is 31.0 Å². The zero-order valence-corrected chi connectivity index (χ0v) is 10.1. The lowest BCUT2D eigenvalue weighted by Gasteiger charge is -2.28. The normalized spacial score (nSPS) is 32.4. The lowest BCUT2D eigenvalue weighted by atomic mass is 9.89. The fraction of sp³-hybridized carbons (Fsp3) is 0.769. The fourth-order valence-electron chi connectivity index (χ4n) is 2.93. The molecule has 2 aliphatic rings. The van der Waals surface area contributed by atoms with Gasteiger partial charge in [-0.05, 0) is 38.5 Å². The molecule has 2 unspecified atom stereocenters. The average Bonchev–Trinajstić information content (AvgIpc) is 2.55. The average molecular weight is 222 g/mol. The van der Waals surface area contributed by atoms with Gasteiger partial charge >= 0.3 is 0 Å². The van der Waals surface area contributed by atoms with Gasteiger partial charge in [0.2, 0.25) is 5.91 Å². The summed E-state index contributed by atoms with van der Waals surface area (Å²) < 4.78 is 0. The summed E-state index contributed by atoms with van der Waals surface area (Å²) in [6.45, 7) is 6.34. The Bertz CT molecular complexity index is 276. The summed E-state index contributed by atoms with van der Waals surface area (Å²) in [4.78, 5) is 11.7. The molecular formula is C13H22N2O. The summed E-state index contributed by atoms with van der Waals surface area (Å²) in [7, 11) is 0. The lowest BCUT2D eigenvalue weighted by molar-refractivity contribution is -0.122. The van der Waals surface area contributed by atoms with Crippen LogP contribution < -0.4 is 10.6 Å². The molecule has 2 aliphatic heterocycles. The van der Waals surface area contributed by atoms with Crippen LogP contribution in [0.3, 0.4) is 0 Å². The second-order valence-electron chi connectivity index (χ2n) is 5.41. The van der Waals surface area contributed by atoms with Crippen LogP contribution in [0.5, 0.6) is 0 Å². The van der Waals surface area contributed by atoms with Crippen molar-refractivity contribution in [2.75, 3.05) is 6.54 Å². The zero-order valence-electron chi connectivity index (χ0n) is 10.1. The van der Waals surface area contributed by atoms with E-state index in [1.165, 1.54) is 25.7 Å². The molecule has 2 rings (SSSR count). The highest BCUT2D eigenvalue weighted by Gasteiger charge is 2.33. The summed E-state index contributed by atoms with van der Waals surface area (Å²) >= 11 is 0. The Morgan fingerprint density at radius 2 is 2.00 bits per heavy atom. The Kier molecular flexibility index (Phi) is 3.64. The predicted octanol–water partition coefficient (Wildman–Crippen LogP) is 1.60. The molecule has 2 atom stereocenters. The van der Waals surface area contributed by atoms with E-state index in [-0.39, 0.29) is 5.91 Å². The number of piperidine rings is 1. The SMILES string of the molecule is C=C(C)CNC(=O)CC1CC2CCC(C1)N2. The Balaban J connectivity index is 1.73. The second kappa shape index (κ2) is 5.00. The van der Waals surface area contributed by atoms with Crippen molar-refractivity contribution < 1.29 is 4.79 Å². The van der Waals surface area contributed by atoms with Crippen molar-refractivity contribution in [3.63, 3.8) is 0 Å². The van der Waals surface area contributed by atoms with E-state index < -0.39 is 0 Å². The maximum Gasteiger partial charge on any atom is 0.220 e. The summed E-state index contributed by atoms with van der Waals surface area (Å²) in [5.74, 6) is 0.776. The number of nitrogens with one attached hydrogen (secondary N) is 2. The van der Waals surface area contributed by atoms with Gasteiger partial charge in [0.15, 0.2) is 0 Å². The summed E-state index contributed by atoms with van der Waals surface area (Å²) in [5.41, 5.74) is 1.01. The van der Waals surface area contributed by atoms with Crippen LogP contribution in [-0.2, 0) is 4.79 Å². The van der Waals surface area contributed by atoms with Crippen LogP contribution >= 0.6 is 0 Å². The number of amides is 1. The van der Waals surface area contributed by atoms with Gasteiger partial charge < -0.3 is 10.6 Å². The van der Waals surface area contributed by atoms with Crippen molar-refractivity contribution in [2.45, 2.75) is 51.1 Å². The van der Waals surface area contributed by atoms with Gasteiger partial charge in [0.25, 0.3) is 0 Å². The standard InChI is InChI=1S/C13H22N2O/c1-9(2)8-14-13(16)7-10-5-11-3-4-12(6-10)15-11/h10-12,15H,1,3-8H2,2H3,(H,14,16). The molecular weight excluding hydrogens is 200 g/mol. The van der Waals surface area contributed by atoms with E-state index in [1.807, 2.05) is 6.92 Å². The monoisotopic (exact) mass is 222 g/mol.